The van der Waals surface area contributed by atoms with Crippen LogP contribution in [0.5, 0.6) is 17.2 Å². The number of hydrogen-bond acceptors (Lipinski definition) is 8. The first-order valence-corrected chi connectivity index (χ1v) is 10.2. The molecule has 1 fully saturated rings. The minimum Gasteiger partial charge on any atom is -0.493 e. The van der Waals surface area contributed by atoms with Crippen LogP contribution in [0.25, 0.3) is 0 Å². The molecule has 2 aromatic carbocycles. The van der Waals surface area contributed by atoms with Crippen LogP contribution in [0.3, 0.4) is 0 Å². The number of piperazine rings is 1. The Hall–Kier alpha value is -2.88. The Balaban J connectivity index is 1.39. The summed E-state index contributed by atoms with van der Waals surface area (Å²) in [6.07, 6.45) is 0. The first kappa shape index (κ1) is 21.4. The van der Waals surface area contributed by atoms with Gasteiger partial charge in [0.15, 0.2) is 18.3 Å². The molecule has 0 saturated carbocycles. The van der Waals surface area contributed by atoms with E-state index in [1.807, 2.05) is 12.1 Å². The molecule has 9 heteroatoms. The molecule has 0 bridgehead atoms. The summed E-state index contributed by atoms with van der Waals surface area (Å²) in [5.41, 5.74) is 2.84. The maximum Gasteiger partial charge on any atom is 0.270 e. The second-order valence-electron chi connectivity index (χ2n) is 7.70. The van der Waals surface area contributed by atoms with Crippen molar-refractivity contribution in [2.75, 3.05) is 47.2 Å². The van der Waals surface area contributed by atoms with Gasteiger partial charge in [0.05, 0.1) is 25.7 Å². The zero-order valence-electron chi connectivity index (χ0n) is 17.8. The van der Waals surface area contributed by atoms with E-state index in [-0.39, 0.29) is 17.4 Å². The Morgan fingerprint density at radius 3 is 2.39 bits per heavy atom. The van der Waals surface area contributed by atoms with Crippen molar-refractivity contribution in [3.05, 3.63) is 57.1 Å². The molecule has 0 amide bonds. The molecular formula is C22H27N3O6. The van der Waals surface area contributed by atoms with Crippen molar-refractivity contribution in [1.82, 2.24) is 9.80 Å². The van der Waals surface area contributed by atoms with Crippen LogP contribution in [0.4, 0.5) is 5.69 Å². The van der Waals surface area contributed by atoms with Crippen LogP contribution in [0, 0.1) is 10.1 Å². The van der Waals surface area contributed by atoms with Gasteiger partial charge >= 0.3 is 0 Å². The molecule has 0 N–H and O–H groups in total. The molecule has 2 heterocycles. The number of benzene rings is 2. The van der Waals surface area contributed by atoms with Crippen molar-refractivity contribution in [2.24, 2.45) is 0 Å². The largest absolute Gasteiger partial charge is 0.493 e. The fourth-order valence-corrected chi connectivity index (χ4v) is 4.09. The molecule has 166 valence electrons. The summed E-state index contributed by atoms with van der Waals surface area (Å²) in [5.74, 6) is 2.19. The number of ether oxygens (including phenoxy) is 4. The fourth-order valence-electron chi connectivity index (χ4n) is 4.09. The molecule has 0 radical (unpaired) electrons. The van der Waals surface area contributed by atoms with Crippen LogP contribution in [-0.4, -0.2) is 61.9 Å². The molecule has 2 aromatic rings. The van der Waals surface area contributed by atoms with Crippen LogP contribution in [0.1, 0.15) is 16.7 Å². The van der Waals surface area contributed by atoms with E-state index in [1.54, 1.807) is 26.4 Å². The third-order valence-electron chi connectivity index (χ3n) is 5.70. The van der Waals surface area contributed by atoms with E-state index in [9.17, 15) is 10.1 Å². The molecule has 0 aromatic heterocycles. The Labute approximate surface area is 181 Å². The van der Waals surface area contributed by atoms with Gasteiger partial charge in [-0.2, -0.15) is 0 Å². The van der Waals surface area contributed by atoms with Crippen LogP contribution in [0.15, 0.2) is 30.3 Å². The summed E-state index contributed by atoms with van der Waals surface area (Å²) >= 11 is 0. The molecule has 1 saturated heterocycles. The van der Waals surface area contributed by atoms with Gasteiger partial charge in [0.2, 0.25) is 0 Å². The molecule has 4 rings (SSSR count). The smallest absolute Gasteiger partial charge is 0.270 e. The van der Waals surface area contributed by atoms with E-state index in [0.29, 0.717) is 13.2 Å². The highest BCUT2D eigenvalue weighted by Gasteiger charge is 2.24. The maximum absolute atomic E-state index is 11.3. The van der Waals surface area contributed by atoms with Crippen molar-refractivity contribution >= 4 is 5.69 Å². The summed E-state index contributed by atoms with van der Waals surface area (Å²) in [6.45, 7) is 5.54. The van der Waals surface area contributed by atoms with Gasteiger partial charge < -0.3 is 18.9 Å². The lowest BCUT2D eigenvalue weighted by Gasteiger charge is -2.35. The summed E-state index contributed by atoms with van der Waals surface area (Å²) in [4.78, 5) is 15.7. The summed E-state index contributed by atoms with van der Waals surface area (Å²) in [6, 6.07) is 9.17. The van der Waals surface area contributed by atoms with Gasteiger partial charge in [-0.05, 0) is 17.7 Å². The van der Waals surface area contributed by atoms with Gasteiger partial charge in [-0.25, -0.2) is 0 Å². The minimum atomic E-state index is -0.362. The number of nitro groups is 1. The number of hydrogen-bond donors (Lipinski definition) is 0. The summed E-state index contributed by atoms with van der Waals surface area (Å²) in [5, 5.41) is 11.3. The van der Waals surface area contributed by atoms with Crippen molar-refractivity contribution in [3.8, 4) is 17.2 Å². The van der Waals surface area contributed by atoms with Gasteiger partial charge in [-0.15, -0.1) is 0 Å². The normalized spacial score (nSPS) is 17.0. The molecular weight excluding hydrogens is 402 g/mol. The Morgan fingerprint density at radius 1 is 1.00 bits per heavy atom. The molecule has 0 spiro atoms. The Morgan fingerprint density at radius 2 is 1.71 bits per heavy atom. The number of methoxy groups -OCH3 is 2. The summed E-state index contributed by atoms with van der Waals surface area (Å²) < 4.78 is 21.7. The van der Waals surface area contributed by atoms with E-state index < -0.39 is 0 Å². The molecule has 2 aliphatic rings. The lowest BCUT2D eigenvalue weighted by atomic mass is 10.1. The van der Waals surface area contributed by atoms with E-state index in [1.165, 1.54) is 5.56 Å². The predicted octanol–water partition coefficient (Wildman–Crippen LogP) is 2.80. The minimum absolute atomic E-state index is 0.0786. The fraction of sp³-hybridized carbons (Fsp3) is 0.455. The van der Waals surface area contributed by atoms with Crippen molar-refractivity contribution in [2.45, 2.75) is 19.7 Å². The van der Waals surface area contributed by atoms with E-state index in [2.05, 4.69) is 15.9 Å². The monoisotopic (exact) mass is 429 g/mol. The molecule has 31 heavy (non-hydrogen) atoms. The third-order valence-corrected chi connectivity index (χ3v) is 5.70. The standard InChI is InChI=1S/C22H27N3O6/c1-28-20-4-3-16(9-21(20)29-2)12-23-5-7-24(8-6-23)13-17-10-19(25(26)27)11-18-14-30-15-31-22(17)18/h3-4,9-11H,5-8,12-15H2,1-2H3. The van der Waals surface area contributed by atoms with Crippen molar-refractivity contribution in [1.29, 1.82) is 0 Å². The second-order valence-corrected chi connectivity index (χ2v) is 7.70. The highest BCUT2D eigenvalue weighted by Crippen LogP contribution is 2.34. The van der Waals surface area contributed by atoms with Gasteiger partial charge in [0, 0.05) is 62.5 Å². The van der Waals surface area contributed by atoms with Crippen molar-refractivity contribution in [3.63, 3.8) is 0 Å². The van der Waals surface area contributed by atoms with Crippen LogP contribution < -0.4 is 14.2 Å². The number of rotatable bonds is 7. The highest BCUT2D eigenvalue weighted by molar-refractivity contribution is 5.50. The molecule has 0 aliphatic carbocycles. The Kier molecular flexibility index (Phi) is 6.55. The first-order chi connectivity index (χ1) is 15.1. The van der Waals surface area contributed by atoms with Gasteiger partial charge in [-0.3, -0.25) is 19.9 Å². The number of nitro benzene ring substituents is 1. The zero-order chi connectivity index (χ0) is 21.8. The van der Waals surface area contributed by atoms with Crippen LogP contribution in [0.2, 0.25) is 0 Å². The number of non-ortho nitro benzene ring substituents is 1. The van der Waals surface area contributed by atoms with Crippen LogP contribution in [-0.2, 0) is 24.4 Å². The van der Waals surface area contributed by atoms with Gasteiger partial charge in [0.25, 0.3) is 5.69 Å². The topological polar surface area (TPSA) is 86.5 Å². The average Bonchev–Trinajstić information content (AvgIpc) is 2.80. The summed E-state index contributed by atoms with van der Waals surface area (Å²) in [7, 11) is 3.27. The lowest BCUT2D eigenvalue weighted by Crippen LogP contribution is -2.45. The Bertz CT molecular complexity index is 943. The number of nitrogens with zero attached hydrogens (tertiary/aromatic N) is 3. The highest BCUT2D eigenvalue weighted by atomic mass is 16.7. The SMILES string of the molecule is COc1ccc(CN2CCN(Cc3cc([N+](=O)[O-])cc4c3OCOC4)CC2)cc1OC. The zero-order valence-corrected chi connectivity index (χ0v) is 17.8. The predicted molar refractivity (Wildman–Crippen MR) is 113 cm³/mol. The third kappa shape index (κ3) is 4.90. The first-order valence-electron chi connectivity index (χ1n) is 10.2. The molecule has 2 aliphatic heterocycles. The lowest BCUT2D eigenvalue weighted by molar-refractivity contribution is -0.385. The van der Waals surface area contributed by atoms with Crippen LogP contribution >= 0.6 is 0 Å². The van der Waals surface area contributed by atoms with E-state index >= 15 is 0 Å². The molecule has 0 atom stereocenters. The molecule has 9 nitrogen and oxygen atoms in total. The second kappa shape index (κ2) is 9.51. The average molecular weight is 429 g/mol. The maximum atomic E-state index is 11.3. The van der Waals surface area contributed by atoms with Crippen molar-refractivity contribution < 1.29 is 23.9 Å². The quantitative estimate of drug-likeness (QED) is 0.491. The van der Waals surface area contributed by atoms with E-state index in [0.717, 1.165) is 61.1 Å². The van der Waals surface area contributed by atoms with Gasteiger partial charge in [-0.1, -0.05) is 6.07 Å². The van der Waals surface area contributed by atoms with E-state index in [4.69, 9.17) is 18.9 Å². The number of fused-ring (bicyclic) bond motifs is 1. The van der Waals surface area contributed by atoms with Gasteiger partial charge in [0.1, 0.15) is 5.75 Å². The molecule has 0 unspecified atom stereocenters.